The van der Waals surface area contributed by atoms with Gasteiger partial charge in [0.2, 0.25) is 0 Å². The van der Waals surface area contributed by atoms with E-state index < -0.39 is 0 Å². The number of benzene rings is 1. The second kappa shape index (κ2) is 7.20. The first kappa shape index (κ1) is 14.8. The molecule has 0 saturated carbocycles. The minimum absolute atomic E-state index is 0.573. The Morgan fingerprint density at radius 2 is 2.05 bits per heavy atom. The van der Waals surface area contributed by atoms with Gasteiger partial charge < -0.3 is 5.32 Å². The highest BCUT2D eigenvalue weighted by Gasteiger charge is 1.99. The second-order valence-electron chi connectivity index (χ2n) is 4.65. The number of anilines is 1. The molecule has 22 heavy (non-hydrogen) atoms. The average molecular weight is 328 g/mol. The zero-order chi connectivity index (χ0) is 15.2. The molecule has 2 aromatic heterocycles. The van der Waals surface area contributed by atoms with Crippen molar-refractivity contribution in [3.8, 4) is 0 Å². The molecular weight excluding hydrogens is 314 g/mol. The Morgan fingerprint density at radius 1 is 1.09 bits per heavy atom. The number of nitrogens with one attached hydrogen (secondary N) is 1. The summed E-state index contributed by atoms with van der Waals surface area (Å²) in [4.78, 5) is 9.42. The van der Waals surface area contributed by atoms with E-state index in [1.165, 1.54) is 11.3 Å². The zero-order valence-electron chi connectivity index (χ0n) is 11.7. The first-order valence-corrected chi connectivity index (χ1v) is 8.02. The molecule has 1 aromatic carbocycles. The van der Waals surface area contributed by atoms with E-state index in [9.17, 15) is 0 Å². The van der Waals surface area contributed by atoms with Crippen LogP contribution in [-0.2, 0) is 6.54 Å². The van der Waals surface area contributed by atoms with Gasteiger partial charge in [0, 0.05) is 23.0 Å². The number of aromatic nitrogens is 2. The minimum atomic E-state index is 0.573. The number of halogens is 1. The van der Waals surface area contributed by atoms with E-state index >= 15 is 0 Å². The van der Waals surface area contributed by atoms with Crippen molar-refractivity contribution in [1.29, 1.82) is 0 Å². The largest absolute Gasteiger partial charge is 0.380 e. The maximum atomic E-state index is 5.83. The highest BCUT2D eigenvalue weighted by atomic mass is 35.5. The molecule has 0 amide bonds. The molecule has 0 aliphatic carbocycles. The summed E-state index contributed by atoms with van der Waals surface area (Å²) < 4.78 is 0.573. The molecule has 5 heteroatoms. The lowest BCUT2D eigenvalue weighted by Gasteiger charge is -2.05. The number of hydrogen-bond acceptors (Lipinski definition) is 4. The predicted octanol–water partition coefficient (Wildman–Crippen LogP) is 4.97. The fourth-order valence-electron chi connectivity index (χ4n) is 1.96. The van der Waals surface area contributed by atoms with Crippen molar-refractivity contribution in [3.63, 3.8) is 0 Å². The second-order valence-corrected chi connectivity index (χ2v) is 6.34. The van der Waals surface area contributed by atoms with Gasteiger partial charge >= 0.3 is 0 Å². The Labute approximate surface area is 138 Å². The topological polar surface area (TPSA) is 37.8 Å². The molecule has 3 nitrogen and oxygen atoms in total. The minimum Gasteiger partial charge on any atom is -0.380 e. The van der Waals surface area contributed by atoms with E-state index in [4.69, 9.17) is 11.6 Å². The maximum absolute atomic E-state index is 5.83. The van der Waals surface area contributed by atoms with Gasteiger partial charge in [-0.1, -0.05) is 35.9 Å². The third-order valence-electron chi connectivity index (χ3n) is 3.01. The van der Waals surface area contributed by atoms with Gasteiger partial charge in [0.05, 0.1) is 12.2 Å². The molecule has 0 spiro atoms. The smallest absolute Gasteiger partial charge is 0.183 e. The zero-order valence-corrected chi connectivity index (χ0v) is 13.3. The van der Waals surface area contributed by atoms with Gasteiger partial charge in [-0.15, -0.1) is 11.3 Å². The van der Waals surface area contributed by atoms with E-state index in [0.717, 1.165) is 28.4 Å². The highest BCUT2D eigenvalue weighted by Crippen LogP contribution is 2.20. The van der Waals surface area contributed by atoms with Crippen molar-refractivity contribution >= 4 is 40.8 Å². The van der Waals surface area contributed by atoms with Crippen LogP contribution in [-0.4, -0.2) is 9.97 Å². The lowest BCUT2D eigenvalue weighted by Crippen LogP contribution is -1.97. The van der Waals surface area contributed by atoms with E-state index in [1.54, 1.807) is 12.4 Å². The summed E-state index contributed by atoms with van der Waals surface area (Å²) >= 11 is 7.32. The number of pyridine rings is 1. The Morgan fingerprint density at radius 3 is 2.82 bits per heavy atom. The van der Waals surface area contributed by atoms with Crippen molar-refractivity contribution in [2.24, 2.45) is 0 Å². The van der Waals surface area contributed by atoms with Crippen LogP contribution in [0.4, 0.5) is 5.69 Å². The summed E-state index contributed by atoms with van der Waals surface area (Å²) in [5.41, 5.74) is 3.13. The Kier molecular flexibility index (Phi) is 4.83. The monoisotopic (exact) mass is 327 g/mol. The van der Waals surface area contributed by atoms with E-state index in [0.29, 0.717) is 4.47 Å². The van der Waals surface area contributed by atoms with Crippen LogP contribution in [0.25, 0.3) is 12.2 Å². The number of hydrogen-bond donors (Lipinski definition) is 1. The molecule has 0 radical (unpaired) electrons. The van der Waals surface area contributed by atoms with Crippen LogP contribution in [0.3, 0.4) is 0 Å². The lowest BCUT2D eigenvalue weighted by atomic mass is 10.1. The van der Waals surface area contributed by atoms with Gasteiger partial charge in [-0.25, -0.2) is 4.98 Å². The molecule has 0 aliphatic heterocycles. The molecule has 0 atom stereocenters. The van der Waals surface area contributed by atoms with Crippen molar-refractivity contribution < 1.29 is 0 Å². The van der Waals surface area contributed by atoms with Gasteiger partial charge in [0.15, 0.2) is 4.47 Å². The molecular formula is C17H14ClN3S. The van der Waals surface area contributed by atoms with Crippen LogP contribution in [0.5, 0.6) is 0 Å². The van der Waals surface area contributed by atoms with Gasteiger partial charge in [-0.3, -0.25) is 4.98 Å². The fraction of sp³-hybridized carbons (Fsp3) is 0.0588. The predicted molar refractivity (Wildman–Crippen MR) is 94.1 cm³/mol. The van der Waals surface area contributed by atoms with Crippen LogP contribution >= 0.6 is 22.9 Å². The van der Waals surface area contributed by atoms with Crippen LogP contribution in [0, 0.1) is 0 Å². The van der Waals surface area contributed by atoms with Gasteiger partial charge in [-0.2, -0.15) is 0 Å². The molecule has 3 aromatic rings. The summed E-state index contributed by atoms with van der Waals surface area (Å²) in [6, 6.07) is 14.1. The highest BCUT2D eigenvalue weighted by molar-refractivity contribution is 7.15. The summed E-state index contributed by atoms with van der Waals surface area (Å²) in [6.45, 7) is 0.720. The Hall–Kier alpha value is -2.17. The molecule has 0 fully saturated rings. The van der Waals surface area contributed by atoms with E-state index in [2.05, 4.69) is 33.5 Å². The van der Waals surface area contributed by atoms with Crippen LogP contribution in [0.2, 0.25) is 4.47 Å². The SMILES string of the molecule is Clc1ncc(CNc2cccc(C=Cc3ccccn3)c2)s1. The van der Waals surface area contributed by atoms with Gasteiger partial charge in [0.25, 0.3) is 0 Å². The number of nitrogens with zero attached hydrogens (tertiary/aromatic N) is 2. The maximum Gasteiger partial charge on any atom is 0.183 e. The first-order chi connectivity index (χ1) is 10.8. The fourth-order valence-corrected chi connectivity index (χ4v) is 2.88. The number of thiazole rings is 1. The summed E-state index contributed by atoms with van der Waals surface area (Å²) in [5, 5.41) is 3.38. The summed E-state index contributed by atoms with van der Waals surface area (Å²) in [5.74, 6) is 0. The Balaban J connectivity index is 1.66. The summed E-state index contributed by atoms with van der Waals surface area (Å²) in [6.07, 6.45) is 7.64. The third-order valence-corrected chi connectivity index (χ3v) is 4.13. The number of rotatable bonds is 5. The van der Waals surface area contributed by atoms with Crippen LogP contribution in [0.15, 0.2) is 54.9 Å². The van der Waals surface area contributed by atoms with Gasteiger partial charge in [-0.05, 0) is 35.9 Å². The van der Waals surface area contributed by atoms with Crippen molar-refractivity contribution in [3.05, 3.63) is 75.5 Å². The molecule has 3 rings (SSSR count). The van der Waals surface area contributed by atoms with Crippen LogP contribution in [0.1, 0.15) is 16.1 Å². The van der Waals surface area contributed by atoms with E-state index in [1.807, 2.05) is 36.4 Å². The molecule has 0 bridgehead atoms. The molecule has 110 valence electrons. The standard InChI is InChI=1S/C17H14ClN3S/c18-17-21-12-16(22-17)11-20-15-6-3-4-13(10-15)7-8-14-5-1-2-9-19-14/h1-10,12,20H,11H2. The molecule has 0 aliphatic rings. The molecule has 1 N–H and O–H groups in total. The lowest BCUT2D eigenvalue weighted by molar-refractivity contribution is 1.17. The van der Waals surface area contributed by atoms with Gasteiger partial charge in [0.1, 0.15) is 0 Å². The summed E-state index contributed by atoms with van der Waals surface area (Å²) in [7, 11) is 0. The van der Waals surface area contributed by atoms with E-state index in [-0.39, 0.29) is 0 Å². The van der Waals surface area contributed by atoms with Crippen LogP contribution < -0.4 is 5.32 Å². The normalized spacial score (nSPS) is 11.0. The van der Waals surface area contributed by atoms with Crippen molar-refractivity contribution in [2.45, 2.75) is 6.54 Å². The molecule has 2 heterocycles. The quantitative estimate of drug-likeness (QED) is 0.718. The Bertz CT molecular complexity index is 768. The van der Waals surface area contributed by atoms with Crippen molar-refractivity contribution in [1.82, 2.24) is 9.97 Å². The average Bonchev–Trinajstić information content (AvgIpc) is 2.98. The van der Waals surface area contributed by atoms with Crippen molar-refractivity contribution in [2.75, 3.05) is 5.32 Å². The molecule has 0 unspecified atom stereocenters. The third kappa shape index (κ3) is 4.16. The molecule has 0 saturated heterocycles. The first-order valence-electron chi connectivity index (χ1n) is 6.83.